The Bertz CT molecular complexity index is 133. The molecule has 0 heterocycles. The Balaban J connectivity index is 3.94. The maximum absolute atomic E-state index is 5.07. The van der Waals surface area contributed by atoms with Crippen LogP contribution in [0.3, 0.4) is 0 Å². The van der Waals surface area contributed by atoms with Gasteiger partial charge in [-0.1, -0.05) is 0 Å². The summed E-state index contributed by atoms with van der Waals surface area (Å²) in [6.07, 6.45) is 0. The second-order valence-electron chi connectivity index (χ2n) is 1.71. The molecule has 3 nitrogen and oxygen atoms in total. The van der Waals surface area contributed by atoms with Crippen LogP contribution in [-0.4, -0.2) is 32.6 Å². The maximum Gasteiger partial charge on any atom is 0.261 e. The highest BCUT2D eigenvalue weighted by Crippen LogP contribution is 2.60. The Kier molecular flexibility index (Phi) is 5.11. The average Bonchev–Trinajstić information content (AvgIpc) is 1.87. The monoisotopic (exact) mass is 201 g/mol. The molecule has 0 N–H and O–H groups in total. The van der Waals surface area contributed by atoms with Gasteiger partial charge in [0.1, 0.15) is 0 Å². The first-order chi connectivity index (χ1) is 4.54. The zero-order valence-corrected chi connectivity index (χ0v) is 9.05. The second kappa shape index (κ2) is 4.70. The third-order valence-electron chi connectivity index (χ3n) is 0.711. The standard InChI is InChI=1S/C4H12NO2PS2/c1-5(2)10-8(9,6-3)7-4/h1-4H3. The number of hydrogen-bond donors (Lipinski definition) is 0. The quantitative estimate of drug-likeness (QED) is 0.508. The van der Waals surface area contributed by atoms with E-state index in [0.29, 0.717) is 0 Å². The van der Waals surface area contributed by atoms with Crippen molar-refractivity contribution in [1.82, 2.24) is 4.31 Å². The maximum atomic E-state index is 5.07. The minimum Gasteiger partial charge on any atom is -0.324 e. The van der Waals surface area contributed by atoms with Crippen LogP contribution in [0.4, 0.5) is 0 Å². The lowest BCUT2D eigenvalue weighted by atomic mass is 11.3. The summed E-state index contributed by atoms with van der Waals surface area (Å²) in [6.45, 7) is 0. The molecule has 0 rings (SSSR count). The summed E-state index contributed by atoms with van der Waals surface area (Å²) in [5.74, 6) is 0. The first-order valence-electron chi connectivity index (χ1n) is 2.62. The Labute approximate surface area is 71.1 Å². The van der Waals surface area contributed by atoms with Gasteiger partial charge in [-0.25, -0.2) is 4.31 Å². The molecule has 0 aromatic heterocycles. The molecule has 0 bridgehead atoms. The van der Waals surface area contributed by atoms with Crippen molar-refractivity contribution in [1.29, 1.82) is 0 Å². The minimum atomic E-state index is -2.06. The van der Waals surface area contributed by atoms with Gasteiger partial charge in [0.25, 0.3) is 5.69 Å². The molecule has 0 fully saturated rings. The van der Waals surface area contributed by atoms with Gasteiger partial charge in [0.15, 0.2) is 0 Å². The van der Waals surface area contributed by atoms with Crippen molar-refractivity contribution < 1.29 is 9.05 Å². The third-order valence-corrected chi connectivity index (χ3v) is 6.10. The van der Waals surface area contributed by atoms with Crippen molar-refractivity contribution in [2.75, 3.05) is 28.3 Å². The molecule has 0 aromatic rings. The highest BCUT2D eigenvalue weighted by Gasteiger charge is 2.17. The minimum absolute atomic E-state index is 1.42. The average molecular weight is 201 g/mol. The van der Waals surface area contributed by atoms with E-state index in [1.54, 1.807) is 14.2 Å². The Morgan fingerprint density at radius 3 is 1.80 bits per heavy atom. The van der Waals surface area contributed by atoms with E-state index in [-0.39, 0.29) is 0 Å². The SMILES string of the molecule is COP(=S)(OC)SN(C)C. The van der Waals surface area contributed by atoms with E-state index in [4.69, 9.17) is 20.9 Å². The zero-order valence-electron chi connectivity index (χ0n) is 6.53. The van der Waals surface area contributed by atoms with Crippen molar-refractivity contribution in [2.24, 2.45) is 0 Å². The molecule has 0 aliphatic carbocycles. The summed E-state index contributed by atoms with van der Waals surface area (Å²) in [7, 11) is 6.95. The number of nitrogens with zero attached hydrogens (tertiary/aromatic N) is 1. The van der Waals surface area contributed by atoms with Gasteiger partial charge >= 0.3 is 0 Å². The first kappa shape index (κ1) is 10.9. The molecule has 62 valence electrons. The van der Waals surface area contributed by atoms with Gasteiger partial charge in [0, 0.05) is 25.8 Å². The summed E-state index contributed by atoms with van der Waals surface area (Å²) in [5.41, 5.74) is -2.06. The van der Waals surface area contributed by atoms with Gasteiger partial charge in [-0.2, -0.15) is 0 Å². The van der Waals surface area contributed by atoms with Gasteiger partial charge in [-0.05, 0) is 25.9 Å². The van der Waals surface area contributed by atoms with Crippen LogP contribution in [0, 0.1) is 0 Å². The molecule has 0 aromatic carbocycles. The molecule has 0 aliphatic heterocycles. The molecule has 0 spiro atoms. The van der Waals surface area contributed by atoms with Gasteiger partial charge < -0.3 is 9.05 Å². The summed E-state index contributed by atoms with van der Waals surface area (Å²) < 4.78 is 11.9. The van der Waals surface area contributed by atoms with E-state index >= 15 is 0 Å². The van der Waals surface area contributed by atoms with Crippen LogP contribution < -0.4 is 0 Å². The highest BCUT2D eigenvalue weighted by atomic mass is 32.9. The summed E-state index contributed by atoms with van der Waals surface area (Å²) in [6, 6.07) is 0. The number of hydrogen-bond acceptors (Lipinski definition) is 5. The summed E-state index contributed by atoms with van der Waals surface area (Å²) in [5, 5.41) is 0. The largest absolute Gasteiger partial charge is 0.324 e. The van der Waals surface area contributed by atoms with E-state index < -0.39 is 5.69 Å². The van der Waals surface area contributed by atoms with E-state index in [9.17, 15) is 0 Å². The lowest BCUT2D eigenvalue weighted by Crippen LogP contribution is -2.00. The molecular formula is C4H12NO2PS2. The van der Waals surface area contributed by atoms with Crippen molar-refractivity contribution in [2.45, 2.75) is 0 Å². The Morgan fingerprint density at radius 1 is 1.30 bits per heavy atom. The predicted octanol–water partition coefficient (Wildman–Crippen LogP) is 1.71. The molecule has 0 saturated heterocycles. The smallest absolute Gasteiger partial charge is 0.261 e. The normalized spacial score (nSPS) is 12.5. The van der Waals surface area contributed by atoms with Gasteiger partial charge in [-0.3, -0.25) is 0 Å². The predicted molar refractivity (Wildman–Crippen MR) is 49.6 cm³/mol. The van der Waals surface area contributed by atoms with Crippen LogP contribution >= 0.6 is 17.3 Å². The van der Waals surface area contributed by atoms with Gasteiger partial charge in [0.2, 0.25) is 0 Å². The topological polar surface area (TPSA) is 21.7 Å². The van der Waals surface area contributed by atoms with E-state index in [1.165, 1.54) is 11.6 Å². The fourth-order valence-corrected chi connectivity index (χ4v) is 3.82. The first-order valence-corrected chi connectivity index (χ1v) is 6.64. The van der Waals surface area contributed by atoms with Crippen molar-refractivity contribution in [3.8, 4) is 0 Å². The molecule has 0 amide bonds. The van der Waals surface area contributed by atoms with Crippen molar-refractivity contribution in [3.63, 3.8) is 0 Å². The molecule has 0 atom stereocenters. The Morgan fingerprint density at radius 2 is 1.70 bits per heavy atom. The molecule has 0 unspecified atom stereocenters. The molecule has 10 heavy (non-hydrogen) atoms. The molecule has 0 radical (unpaired) electrons. The molecule has 0 saturated carbocycles. The molecule has 6 heteroatoms. The fourth-order valence-electron chi connectivity index (χ4n) is 0.341. The summed E-state index contributed by atoms with van der Waals surface area (Å²) in [4.78, 5) is 0. The van der Waals surface area contributed by atoms with Crippen LogP contribution in [-0.2, 0) is 20.9 Å². The highest BCUT2D eigenvalue weighted by molar-refractivity contribution is 8.66. The van der Waals surface area contributed by atoms with Gasteiger partial charge in [0.05, 0.1) is 0 Å². The van der Waals surface area contributed by atoms with Crippen LogP contribution in [0.1, 0.15) is 0 Å². The second-order valence-corrected chi connectivity index (χ2v) is 8.29. The van der Waals surface area contributed by atoms with Crippen LogP contribution in [0.2, 0.25) is 0 Å². The number of rotatable bonds is 4. The zero-order chi connectivity index (χ0) is 8.20. The third kappa shape index (κ3) is 3.91. The van der Waals surface area contributed by atoms with Crippen molar-refractivity contribution >= 4 is 29.1 Å². The Hall–Kier alpha value is 0.880. The summed E-state index contributed by atoms with van der Waals surface area (Å²) >= 11 is 6.49. The lowest BCUT2D eigenvalue weighted by molar-refractivity contribution is 0.353. The molecular weight excluding hydrogens is 189 g/mol. The molecule has 0 aliphatic rings. The fraction of sp³-hybridized carbons (Fsp3) is 1.00. The van der Waals surface area contributed by atoms with Crippen LogP contribution in [0.15, 0.2) is 0 Å². The van der Waals surface area contributed by atoms with Crippen molar-refractivity contribution in [3.05, 3.63) is 0 Å². The van der Waals surface area contributed by atoms with Crippen LogP contribution in [0.25, 0.3) is 0 Å². The van der Waals surface area contributed by atoms with E-state index in [2.05, 4.69) is 0 Å². The van der Waals surface area contributed by atoms with E-state index in [0.717, 1.165) is 0 Å². The lowest BCUT2D eigenvalue weighted by Gasteiger charge is -2.19. The van der Waals surface area contributed by atoms with Crippen LogP contribution in [0.5, 0.6) is 0 Å². The van der Waals surface area contributed by atoms with E-state index in [1.807, 2.05) is 18.4 Å². The van der Waals surface area contributed by atoms with Gasteiger partial charge in [-0.15, -0.1) is 0 Å².